The van der Waals surface area contributed by atoms with Gasteiger partial charge in [0.1, 0.15) is 18.1 Å². The highest BCUT2D eigenvalue weighted by molar-refractivity contribution is 5.94. The molecule has 0 bridgehead atoms. The molecule has 0 saturated heterocycles. The largest absolute Gasteiger partial charge is 0.370 e. The summed E-state index contributed by atoms with van der Waals surface area (Å²) in [5.74, 6) is -2.52. The average Bonchev–Trinajstić information content (AvgIpc) is 3.09. The number of hydrogen-bond donors (Lipinski definition) is 10. The molecule has 0 radical (unpaired) electrons. The molecule has 0 spiro atoms. The zero-order valence-corrected chi connectivity index (χ0v) is 32.2. The second kappa shape index (κ2) is 32.1. The zero-order valence-electron chi connectivity index (χ0n) is 32.2. The van der Waals surface area contributed by atoms with E-state index in [0.717, 1.165) is 38.5 Å². The van der Waals surface area contributed by atoms with Crippen LogP contribution in [0.5, 0.6) is 0 Å². The van der Waals surface area contributed by atoms with Gasteiger partial charge in [0.2, 0.25) is 23.6 Å². The maximum atomic E-state index is 13.6. The van der Waals surface area contributed by atoms with E-state index in [-0.39, 0.29) is 69.1 Å². The van der Waals surface area contributed by atoms with E-state index >= 15 is 0 Å². The normalized spacial score (nSPS) is 12.6. The number of allylic oxidation sites excluding steroid dienone is 2. The third kappa shape index (κ3) is 29.7. The summed E-state index contributed by atoms with van der Waals surface area (Å²) in [5.41, 5.74) is 38.0. The van der Waals surface area contributed by atoms with Crippen LogP contribution in [-0.4, -0.2) is 79.3 Å². The first kappa shape index (κ1) is 48.4. The first-order chi connectivity index (χ1) is 25.4. The summed E-state index contributed by atoms with van der Waals surface area (Å²) in [6.07, 6.45) is 21.4. The Bertz CT molecular complexity index is 1150. The number of unbranched alkanes of at least 4 members (excludes halogenated alkanes) is 11. The maximum absolute atomic E-state index is 13.6. The van der Waals surface area contributed by atoms with Crippen molar-refractivity contribution in [2.75, 3.05) is 19.6 Å². The number of nitrogens with zero attached hydrogens (tertiary/aromatic N) is 3. The summed E-state index contributed by atoms with van der Waals surface area (Å²) in [6, 6.07) is -3.08. The van der Waals surface area contributed by atoms with Crippen molar-refractivity contribution >= 4 is 41.5 Å². The van der Waals surface area contributed by atoms with Crippen LogP contribution in [0.4, 0.5) is 0 Å². The molecule has 17 N–H and O–H groups in total. The Balaban J connectivity index is 5.19. The third-order valence-electron chi connectivity index (χ3n) is 8.45. The molecule has 0 aromatic rings. The van der Waals surface area contributed by atoms with Crippen molar-refractivity contribution in [3.8, 4) is 0 Å². The predicted octanol–water partition coefficient (Wildman–Crippen LogP) is 1.12. The van der Waals surface area contributed by atoms with Crippen molar-refractivity contribution in [3.05, 3.63) is 12.2 Å². The lowest BCUT2D eigenvalue weighted by Crippen LogP contribution is -2.56. The van der Waals surface area contributed by atoms with Crippen LogP contribution in [0, 0.1) is 0 Å². The quantitative estimate of drug-likeness (QED) is 0.0197. The van der Waals surface area contributed by atoms with Gasteiger partial charge in [0.05, 0.1) is 0 Å². The van der Waals surface area contributed by atoms with E-state index in [1.165, 1.54) is 38.5 Å². The van der Waals surface area contributed by atoms with Crippen LogP contribution in [0.25, 0.3) is 0 Å². The van der Waals surface area contributed by atoms with Crippen LogP contribution in [0.3, 0.4) is 0 Å². The fourth-order valence-corrected chi connectivity index (χ4v) is 5.50. The number of rotatable bonds is 33. The van der Waals surface area contributed by atoms with Crippen molar-refractivity contribution in [1.82, 2.24) is 16.0 Å². The molecule has 0 unspecified atom stereocenters. The van der Waals surface area contributed by atoms with Crippen molar-refractivity contribution in [2.24, 2.45) is 55.1 Å². The van der Waals surface area contributed by atoms with Gasteiger partial charge in [-0.25, -0.2) is 0 Å². The summed E-state index contributed by atoms with van der Waals surface area (Å²) in [4.78, 5) is 63.8. The van der Waals surface area contributed by atoms with Gasteiger partial charge in [-0.15, -0.1) is 0 Å². The smallest absolute Gasteiger partial charge is 0.243 e. The number of guanidine groups is 3. The van der Waals surface area contributed by atoms with Gasteiger partial charge in [0.25, 0.3) is 0 Å². The van der Waals surface area contributed by atoms with Crippen LogP contribution in [0.2, 0.25) is 0 Å². The van der Waals surface area contributed by atoms with Gasteiger partial charge in [-0.2, -0.15) is 0 Å². The first-order valence-electron chi connectivity index (χ1n) is 19.4. The van der Waals surface area contributed by atoms with E-state index in [4.69, 9.17) is 40.1 Å². The Morgan fingerprint density at radius 2 is 0.868 bits per heavy atom. The van der Waals surface area contributed by atoms with Crippen molar-refractivity contribution in [2.45, 2.75) is 153 Å². The number of primary amides is 1. The predicted molar refractivity (Wildman–Crippen MR) is 214 cm³/mol. The Labute approximate surface area is 316 Å². The molecular weight excluding hydrogens is 678 g/mol. The lowest BCUT2D eigenvalue weighted by atomic mass is 10.1. The molecule has 0 aliphatic heterocycles. The zero-order chi connectivity index (χ0) is 39.7. The monoisotopic (exact) mass is 750 g/mol. The van der Waals surface area contributed by atoms with E-state index in [1.54, 1.807) is 0 Å². The number of nitrogens with one attached hydrogen (secondary N) is 3. The fraction of sp³-hybridized carbons (Fsp3) is 0.750. The van der Waals surface area contributed by atoms with Crippen molar-refractivity contribution < 1.29 is 19.2 Å². The molecule has 0 fully saturated rings. The Morgan fingerprint density at radius 3 is 1.30 bits per heavy atom. The Morgan fingerprint density at radius 1 is 0.491 bits per heavy atom. The summed E-state index contributed by atoms with van der Waals surface area (Å²) in [7, 11) is 0. The van der Waals surface area contributed by atoms with Crippen molar-refractivity contribution in [1.29, 1.82) is 0 Å². The SMILES string of the molecule is CCCCCCCC/C=C\CCCCCCCC(=O)N[C@@H](CCCN=C(N)N)C(=O)N[C@@H](CCCN=C(N)N)C(=O)N[C@@H](CCCN=C(N)N)C(N)=O. The highest BCUT2D eigenvalue weighted by Gasteiger charge is 2.28. The number of aliphatic imine (C=N–C) groups is 3. The molecule has 0 rings (SSSR count). The molecule has 4 amide bonds. The number of carbonyl (C=O) groups excluding carboxylic acids is 4. The van der Waals surface area contributed by atoms with Gasteiger partial charge < -0.3 is 56.1 Å². The standard InChI is InChI=1S/C36H71N13O4/c1-2-3-4-5-6-7-8-9-10-11-12-13-14-15-16-23-30(50)47-28(21-18-25-45-35(40)41)32(52)49-29(22-19-26-46-36(42)43)33(53)48-27(31(37)51)20-17-24-44-34(38)39/h9-10,27-29H,2-8,11-26H2,1H3,(H2,37,51)(H,47,50)(H,48,53)(H,49,52)(H4,38,39,44)(H4,40,41,45)(H4,42,43,46)/b10-9-/t27-,28-,29-/m0/s1. The van der Waals surface area contributed by atoms with Gasteiger partial charge in [-0.3, -0.25) is 34.2 Å². The van der Waals surface area contributed by atoms with E-state index in [1.807, 2.05) is 0 Å². The molecule has 304 valence electrons. The van der Waals surface area contributed by atoms with Gasteiger partial charge in [0, 0.05) is 26.1 Å². The molecule has 17 nitrogen and oxygen atoms in total. The minimum atomic E-state index is -1.08. The number of hydrogen-bond acceptors (Lipinski definition) is 7. The lowest BCUT2D eigenvalue weighted by Gasteiger charge is -2.25. The average molecular weight is 750 g/mol. The molecular formula is C36H71N13O4. The van der Waals surface area contributed by atoms with Crippen LogP contribution in [0.15, 0.2) is 27.1 Å². The molecule has 0 aromatic heterocycles. The summed E-state index contributed by atoms with van der Waals surface area (Å²) in [6.45, 7) is 2.92. The first-order valence-corrected chi connectivity index (χ1v) is 19.4. The number of carbonyl (C=O) groups is 4. The Kier molecular flexibility index (Phi) is 29.3. The van der Waals surface area contributed by atoms with Crippen LogP contribution in [0.1, 0.15) is 135 Å². The van der Waals surface area contributed by atoms with Crippen LogP contribution in [-0.2, 0) is 19.2 Å². The molecule has 0 aliphatic carbocycles. The van der Waals surface area contributed by atoms with E-state index in [9.17, 15) is 19.2 Å². The van der Waals surface area contributed by atoms with Gasteiger partial charge in [-0.05, 0) is 70.6 Å². The third-order valence-corrected chi connectivity index (χ3v) is 8.45. The molecule has 0 aliphatic rings. The molecule has 0 saturated carbocycles. The maximum Gasteiger partial charge on any atom is 0.243 e. The van der Waals surface area contributed by atoms with Gasteiger partial charge in [-0.1, -0.05) is 70.4 Å². The van der Waals surface area contributed by atoms with Crippen LogP contribution >= 0.6 is 0 Å². The topological polar surface area (TPSA) is 324 Å². The van der Waals surface area contributed by atoms with E-state index < -0.39 is 35.8 Å². The van der Waals surface area contributed by atoms with Gasteiger partial charge in [0.15, 0.2) is 17.9 Å². The summed E-state index contributed by atoms with van der Waals surface area (Å²) >= 11 is 0. The minimum absolute atomic E-state index is 0.0842. The van der Waals surface area contributed by atoms with E-state index in [2.05, 4.69) is 50.0 Å². The number of nitrogens with two attached hydrogens (primary N) is 7. The summed E-state index contributed by atoms with van der Waals surface area (Å²) < 4.78 is 0. The highest BCUT2D eigenvalue weighted by Crippen LogP contribution is 2.11. The highest BCUT2D eigenvalue weighted by atomic mass is 16.2. The minimum Gasteiger partial charge on any atom is -0.370 e. The fourth-order valence-electron chi connectivity index (χ4n) is 5.50. The second-order valence-electron chi connectivity index (χ2n) is 13.3. The summed E-state index contributed by atoms with van der Waals surface area (Å²) in [5, 5.41) is 8.17. The molecule has 0 aromatic carbocycles. The lowest BCUT2D eigenvalue weighted by molar-refractivity contribution is -0.133. The molecule has 53 heavy (non-hydrogen) atoms. The van der Waals surface area contributed by atoms with Crippen LogP contribution < -0.4 is 56.1 Å². The Hall–Kier alpha value is -4.57. The molecule has 17 heteroatoms. The van der Waals surface area contributed by atoms with Gasteiger partial charge >= 0.3 is 0 Å². The van der Waals surface area contributed by atoms with Crippen molar-refractivity contribution in [3.63, 3.8) is 0 Å². The van der Waals surface area contributed by atoms with E-state index in [0.29, 0.717) is 25.7 Å². The second-order valence-corrected chi connectivity index (χ2v) is 13.3. The molecule has 0 heterocycles. The number of amides is 4. The molecule has 3 atom stereocenters.